The molecule has 0 bridgehead atoms. The molecule has 1 unspecified atom stereocenters. The van der Waals surface area contributed by atoms with Gasteiger partial charge in [0.1, 0.15) is 0 Å². The highest BCUT2D eigenvalue weighted by Crippen LogP contribution is 2.32. The molecule has 1 saturated heterocycles. The maximum atomic E-state index is 13.0. The minimum atomic E-state index is -0.356. The van der Waals surface area contributed by atoms with Crippen LogP contribution in [-0.2, 0) is 11.3 Å². The van der Waals surface area contributed by atoms with Gasteiger partial charge < -0.3 is 10.2 Å². The molecule has 1 heterocycles. The number of carbonyl (C=O) groups is 1. The zero-order chi connectivity index (χ0) is 14.9. The van der Waals surface area contributed by atoms with Crippen molar-refractivity contribution in [2.45, 2.75) is 64.1 Å². The molecule has 3 heteroatoms. The third kappa shape index (κ3) is 3.29. The van der Waals surface area contributed by atoms with Crippen molar-refractivity contribution in [3.63, 3.8) is 0 Å². The number of piperidine rings is 1. The van der Waals surface area contributed by atoms with Crippen LogP contribution in [0.25, 0.3) is 0 Å². The van der Waals surface area contributed by atoms with Crippen LogP contribution in [0.4, 0.5) is 0 Å². The first kappa shape index (κ1) is 14.6. The normalized spacial score (nSPS) is 25.6. The van der Waals surface area contributed by atoms with Crippen LogP contribution in [0.3, 0.4) is 0 Å². The number of nitrogens with one attached hydrogen (secondary N) is 1. The smallest absolute Gasteiger partial charge is 0.243 e. The zero-order valence-electron chi connectivity index (χ0n) is 13.2. The van der Waals surface area contributed by atoms with Crippen molar-refractivity contribution in [2.75, 3.05) is 6.54 Å². The van der Waals surface area contributed by atoms with E-state index in [0.29, 0.717) is 11.9 Å². The van der Waals surface area contributed by atoms with E-state index in [1.165, 1.54) is 17.5 Å². The molecule has 0 aromatic heterocycles. The molecule has 21 heavy (non-hydrogen) atoms. The highest BCUT2D eigenvalue weighted by molar-refractivity contribution is 5.86. The summed E-state index contributed by atoms with van der Waals surface area (Å²) < 4.78 is 0. The van der Waals surface area contributed by atoms with Crippen LogP contribution < -0.4 is 5.32 Å². The Hall–Kier alpha value is -1.35. The SMILES string of the molecule is Cc1ccc(CN(C(=O)C2(C)CCCCN2)C2CC2)cc1. The van der Waals surface area contributed by atoms with Gasteiger partial charge in [-0.05, 0) is 58.1 Å². The molecular weight excluding hydrogens is 260 g/mol. The molecule has 1 saturated carbocycles. The fourth-order valence-electron chi connectivity index (χ4n) is 3.20. The predicted molar refractivity (Wildman–Crippen MR) is 85.0 cm³/mol. The number of hydrogen-bond donors (Lipinski definition) is 1. The van der Waals surface area contributed by atoms with Crippen molar-refractivity contribution in [3.8, 4) is 0 Å². The number of rotatable bonds is 4. The van der Waals surface area contributed by atoms with Crippen molar-refractivity contribution in [1.29, 1.82) is 0 Å². The molecule has 2 fully saturated rings. The Bertz CT molecular complexity index is 498. The number of benzene rings is 1. The topological polar surface area (TPSA) is 32.3 Å². The van der Waals surface area contributed by atoms with Gasteiger partial charge in [-0.3, -0.25) is 4.79 Å². The van der Waals surface area contributed by atoms with Crippen LogP contribution in [0, 0.1) is 6.92 Å². The Balaban J connectivity index is 1.74. The van der Waals surface area contributed by atoms with Gasteiger partial charge in [-0.25, -0.2) is 0 Å². The van der Waals surface area contributed by atoms with Crippen molar-refractivity contribution in [1.82, 2.24) is 10.2 Å². The molecule has 1 aliphatic heterocycles. The van der Waals surface area contributed by atoms with E-state index in [4.69, 9.17) is 0 Å². The van der Waals surface area contributed by atoms with Crippen LogP contribution in [0.5, 0.6) is 0 Å². The molecule has 3 nitrogen and oxygen atoms in total. The molecule has 0 radical (unpaired) electrons. The van der Waals surface area contributed by atoms with E-state index in [1.807, 2.05) is 0 Å². The fourth-order valence-corrected chi connectivity index (χ4v) is 3.20. The number of hydrogen-bond acceptors (Lipinski definition) is 2. The Labute approximate surface area is 127 Å². The predicted octanol–water partition coefficient (Wildman–Crippen LogP) is 3.02. The molecule has 1 atom stereocenters. The summed E-state index contributed by atoms with van der Waals surface area (Å²) in [5.74, 6) is 0.297. The molecule has 3 rings (SSSR count). The summed E-state index contributed by atoms with van der Waals surface area (Å²) in [6, 6.07) is 9.01. The third-order valence-electron chi connectivity index (χ3n) is 4.81. The lowest BCUT2D eigenvalue weighted by molar-refractivity contribution is -0.140. The molecule has 1 aliphatic carbocycles. The number of amides is 1. The monoisotopic (exact) mass is 286 g/mol. The molecule has 1 amide bonds. The van der Waals surface area contributed by atoms with Gasteiger partial charge in [-0.15, -0.1) is 0 Å². The highest BCUT2D eigenvalue weighted by Gasteiger charge is 2.42. The first-order chi connectivity index (χ1) is 10.1. The van der Waals surface area contributed by atoms with Gasteiger partial charge >= 0.3 is 0 Å². The second-order valence-corrected chi connectivity index (χ2v) is 6.87. The van der Waals surface area contributed by atoms with Crippen LogP contribution in [-0.4, -0.2) is 28.9 Å². The third-order valence-corrected chi connectivity index (χ3v) is 4.81. The average Bonchev–Trinajstić information content (AvgIpc) is 3.31. The summed E-state index contributed by atoms with van der Waals surface area (Å²) in [5, 5.41) is 3.46. The van der Waals surface area contributed by atoms with E-state index < -0.39 is 0 Å². The molecule has 0 spiro atoms. The van der Waals surface area contributed by atoms with Crippen LogP contribution in [0.15, 0.2) is 24.3 Å². The number of carbonyl (C=O) groups excluding carboxylic acids is 1. The van der Waals surface area contributed by atoms with E-state index in [2.05, 4.69) is 48.3 Å². The Morgan fingerprint density at radius 1 is 1.29 bits per heavy atom. The van der Waals surface area contributed by atoms with Gasteiger partial charge in [0.15, 0.2) is 0 Å². The molecular formula is C18H26N2O. The fraction of sp³-hybridized carbons (Fsp3) is 0.611. The largest absolute Gasteiger partial charge is 0.334 e. The van der Waals surface area contributed by atoms with E-state index >= 15 is 0 Å². The first-order valence-corrected chi connectivity index (χ1v) is 8.20. The number of nitrogens with zero attached hydrogens (tertiary/aromatic N) is 1. The minimum Gasteiger partial charge on any atom is -0.334 e. The van der Waals surface area contributed by atoms with Crippen molar-refractivity contribution >= 4 is 5.91 Å². The van der Waals surface area contributed by atoms with Crippen LogP contribution in [0.1, 0.15) is 50.2 Å². The first-order valence-electron chi connectivity index (χ1n) is 8.20. The lowest BCUT2D eigenvalue weighted by Crippen LogP contribution is -2.58. The van der Waals surface area contributed by atoms with Gasteiger partial charge in [0, 0.05) is 12.6 Å². The second-order valence-electron chi connectivity index (χ2n) is 6.87. The maximum Gasteiger partial charge on any atom is 0.243 e. The van der Waals surface area contributed by atoms with E-state index in [1.54, 1.807) is 0 Å². The average molecular weight is 286 g/mol. The minimum absolute atomic E-state index is 0.297. The molecule has 2 aliphatic rings. The quantitative estimate of drug-likeness (QED) is 0.923. The van der Waals surface area contributed by atoms with Crippen LogP contribution >= 0.6 is 0 Å². The van der Waals surface area contributed by atoms with E-state index in [9.17, 15) is 4.79 Å². The van der Waals surface area contributed by atoms with Gasteiger partial charge in [0.05, 0.1) is 5.54 Å². The van der Waals surface area contributed by atoms with Crippen LogP contribution in [0.2, 0.25) is 0 Å². The van der Waals surface area contributed by atoms with Crippen molar-refractivity contribution in [3.05, 3.63) is 35.4 Å². The Morgan fingerprint density at radius 2 is 2.00 bits per heavy atom. The highest BCUT2D eigenvalue weighted by atomic mass is 16.2. The lowest BCUT2D eigenvalue weighted by Gasteiger charge is -2.38. The summed E-state index contributed by atoms with van der Waals surface area (Å²) in [6.45, 7) is 5.89. The molecule has 1 N–H and O–H groups in total. The maximum absolute atomic E-state index is 13.0. The number of aryl methyl sites for hydroxylation is 1. The summed E-state index contributed by atoms with van der Waals surface area (Å²) in [6.07, 6.45) is 5.62. The Morgan fingerprint density at radius 3 is 2.57 bits per heavy atom. The summed E-state index contributed by atoms with van der Waals surface area (Å²) in [7, 11) is 0. The van der Waals surface area contributed by atoms with Crippen molar-refractivity contribution < 1.29 is 4.79 Å². The molecule has 1 aromatic rings. The van der Waals surface area contributed by atoms with Gasteiger partial charge in [0.2, 0.25) is 5.91 Å². The van der Waals surface area contributed by atoms with Gasteiger partial charge in [-0.2, -0.15) is 0 Å². The zero-order valence-corrected chi connectivity index (χ0v) is 13.2. The van der Waals surface area contributed by atoms with E-state index in [0.717, 1.165) is 38.8 Å². The second kappa shape index (κ2) is 5.80. The molecule has 114 valence electrons. The van der Waals surface area contributed by atoms with Gasteiger partial charge in [-0.1, -0.05) is 29.8 Å². The summed E-state index contributed by atoms with van der Waals surface area (Å²) in [4.78, 5) is 15.2. The molecule has 1 aromatic carbocycles. The Kier molecular flexibility index (Phi) is 4.03. The van der Waals surface area contributed by atoms with Gasteiger partial charge in [0.25, 0.3) is 0 Å². The van der Waals surface area contributed by atoms with Crippen molar-refractivity contribution in [2.24, 2.45) is 0 Å². The summed E-state index contributed by atoms with van der Waals surface area (Å²) in [5.41, 5.74) is 2.15. The standard InChI is InChI=1S/C18H26N2O/c1-14-5-7-15(8-6-14)13-20(16-9-10-16)17(21)18(2)11-3-4-12-19-18/h5-8,16,19H,3-4,9-13H2,1-2H3. The van der Waals surface area contributed by atoms with E-state index in [-0.39, 0.29) is 5.54 Å². The lowest BCUT2D eigenvalue weighted by atomic mass is 9.89. The summed E-state index contributed by atoms with van der Waals surface area (Å²) >= 11 is 0.